The van der Waals surface area contributed by atoms with Crippen molar-refractivity contribution in [3.05, 3.63) is 22.9 Å². The Morgan fingerprint density at radius 3 is 2.27 bits per heavy atom. The Balaban J connectivity index is 3.02. The molecule has 7 nitrogen and oxygen atoms in total. The van der Waals surface area contributed by atoms with E-state index in [-0.39, 0.29) is 11.6 Å². The highest BCUT2D eigenvalue weighted by Crippen LogP contribution is 2.30. The van der Waals surface area contributed by atoms with Crippen molar-refractivity contribution in [3.8, 4) is 0 Å². The lowest BCUT2D eigenvalue weighted by Crippen LogP contribution is -2.68. The first-order valence-corrected chi connectivity index (χ1v) is 6.84. The molecule has 0 saturated carbocycles. The first-order valence-electron chi connectivity index (χ1n) is 6.84. The van der Waals surface area contributed by atoms with E-state index in [1.807, 2.05) is 0 Å². The van der Waals surface area contributed by atoms with E-state index in [0.29, 0.717) is 17.6 Å². The lowest BCUT2D eigenvalue weighted by Gasteiger charge is -2.46. The van der Waals surface area contributed by atoms with Crippen LogP contribution < -0.4 is 5.73 Å². The van der Waals surface area contributed by atoms with Gasteiger partial charge in [-0.3, -0.25) is 9.69 Å². The van der Waals surface area contributed by atoms with E-state index in [2.05, 4.69) is 4.74 Å². The highest BCUT2D eigenvalue weighted by molar-refractivity contribution is 6.00. The number of nitrogens with two attached hydrogens (primary N) is 1. The van der Waals surface area contributed by atoms with Crippen LogP contribution in [-0.2, 0) is 23.9 Å². The fraction of sp³-hybridized carbons (Fsp3) is 0.533. The molecule has 0 unspecified atom stereocenters. The Bertz CT molecular complexity index is 546. The summed E-state index contributed by atoms with van der Waals surface area (Å²) in [5.41, 5.74) is 7.41. The summed E-state index contributed by atoms with van der Waals surface area (Å²) in [6.45, 7) is 5.18. The number of rotatable bonds is 5. The average Bonchev–Trinajstić information content (AvgIpc) is 2.48. The van der Waals surface area contributed by atoms with Gasteiger partial charge in [0.25, 0.3) is 0 Å². The van der Waals surface area contributed by atoms with Gasteiger partial charge in [0.15, 0.2) is 0 Å². The summed E-state index contributed by atoms with van der Waals surface area (Å²) in [5, 5.41) is 0. The number of carbonyl (C=O) groups excluding carboxylic acids is 3. The number of amides is 1. The van der Waals surface area contributed by atoms with Gasteiger partial charge in [-0.15, -0.1) is 0 Å². The van der Waals surface area contributed by atoms with Gasteiger partial charge in [0.2, 0.25) is 5.91 Å². The lowest BCUT2D eigenvalue weighted by atomic mass is 9.88. The summed E-state index contributed by atoms with van der Waals surface area (Å²) in [5.74, 6) is -1.39. The number of β-lactam (4-membered cyclic amide) rings is 1. The van der Waals surface area contributed by atoms with Crippen LogP contribution in [0.25, 0.3) is 0 Å². The molecule has 0 bridgehead atoms. The molecule has 2 N–H and O–H groups in total. The predicted molar refractivity (Wildman–Crippen MR) is 79.4 cm³/mol. The molecule has 1 rings (SSSR count). The summed E-state index contributed by atoms with van der Waals surface area (Å²) < 4.78 is 9.29. The minimum atomic E-state index is -0.708. The Morgan fingerprint density at radius 1 is 1.23 bits per heavy atom. The molecule has 1 amide bonds. The normalized spacial score (nSPS) is 21.1. The molecule has 0 radical (unpaired) electrons. The van der Waals surface area contributed by atoms with Crippen LogP contribution in [0.1, 0.15) is 27.2 Å². The second kappa shape index (κ2) is 7.22. The second-order valence-corrected chi connectivity index (χ2v) is 5.36. The van der Waals surface area contributed by atoms with Crippen molar-refractivity contribution in [3.63, 3.8) is 0 Å². The van der Waals surface area contributed by atoms with Gasteiger partial charge >= 0.3 is 11.9 Å². The summed E-state index contributed by atoms with van der Waals surface area (Å²) in [6.07, 6.45) is 1.71. The van der Waals surface area contributed by atoms with Crippen LogP contribution in [0, 0.1) is 0 Å². The van der Waals surface area contributed by atoms with Crippen molar-refractivity contribution in [2.24, 2.45) is 5.73 Å². The Hall–Kier alpha value is -2.15. The minimum absolute atomic E-state index is 0.199. The van der Waals surface area contributed by atoms with Gasteiger partial charge in [-0.25, -0.2) is 9.59 Å². The molecule has 1 heterocycles. The Morgan fingerprint density at radius 2 is 1.82 bits per heavy atom. The van der Waals surface area contributed by atoms with Crippen LogP contribution in [-0.4, -0.2) is 49.0 Å². The van der Waals surface area contributed by atoms with Gasteiger partial charge in [0, 0.05) is 6.08 Å². The molecule has 0 aromatic heterocycles. The molecule has 1 aliphatic rings. The standard InChI is InChI=1S/C15H22N2O5/c1-8(2)13(15(20)22-5)17-10(12(16)14(17)19)6-9(3)7-11(18)21-4/h7,10,12H,6,16H2,1-5H3/t10-,12-/m1/s1. The van der Waals surface area contributed by atoms with Crippen molar-refractivity contribution < 1.29 is 23.9 Å². The maximum Gasteiger partial charge on any atom is 0.354 e. The zero-order valence-corrected chi connectivity index (χ0v) is 13.5. The van der Waals surface area contributed by atoms with Gasteiger partial charge in [-0.05, 0) is 32.8 Å². The monoisotopic (exact) mass is 310 g/mol. The highest BCUT2D eigenvalue weighted by Gasteiger charge is 2.48. The van der Waals surface area contributed by atoms with E-state index in [1.54, 1.807) is 20.8 Å². The van der Waals surface area contributed by atoms with Crippen LogP contribution in [0.5, 0.6) is 0 Å². The quantitative estimate of drug-likeness (QED) is 0.451. The largest absolute Gasteiger partial charge is 0.466 e. The Labute approximate surface area is 129 Å². The molecule has 122 valence electrons. The third kappa shape index (κ3) is 3.54. The van der Waals surface area contributed by atoms with Gasteiger partial charge in [-0.1, -0.05) is 5.57 Å². The van der Waals surface area contributed by atoms with E-state index >= 15 is 0 Å². The zero-order valence-electron chi connectivity index (χ0n) is 13.5. The van der Waals surface area contributed by atoms with Gasteiger partial charge in [0.05, 0.1) is 20.3 Å². The van der Waals surface area contributed by atoms with Crippen LogP contribution in [0.15, 0.2) is 22.9 Å². The van der Waals surface area contributed by atoms with Crippen LogP contribution >= 0.6 is 0 Å². The van der Waals surface area contributed by atoms with Gasteiger partial charge in [-0.2, -0.15) is 0 Å². The third-order valence-electron chi connectivity index (χ3n) is 3.46. The number of likely N-dealkylation sites (tertiary alicyclic amines) is 1. The molecule has 7 heteroatoms. The zero-order chi connectivity index (χ0) is 17.0. The van der Waals surface area contributed by atoms with Crippen LogP contribution in [0.3, 0.4) is 0 Å². The molecule has 0 aliphatic carbocycles. The highest BCUT2D eigenvalue weighted by atomic mass is 16.5. The fourth-order valence-electron chi connectivity index (χ4n) is 2.35. The van der Waals surface area contributed by atoms with E-state index in [0.717, 1.165) is 0 Å². The molecule has 1 fully saturated rings. The van der Waals surface area contributed by atoms with Crippen LogP contribution in [0.4, 0.5) is 0 Å². The van der Waals surface area contributed by atoms with Crippen molar-refractivity contribution in [2.45, 2.75) is 39.3 Å². The number of ether oxygens (including phenoxy) is 2. The summed E-state index contributed by atoms with van der Waals surface area (Å²) in [7, 11) is 2.54. The molecular weight excluding hydrogens is 288 g/mol. The topological polar surface area (TPSA) is 98.9 Å². The van der Waals surface area contributed by atoms with E-state index in [4.69, 9.17) is 10.5 Å². The molecule has 1 saturated heterocycles. The molecule has 0 spiro atoms. The number of hydrogen-bond donors (Lipinski definition) is 1. The third-order valence-corrected chi connectivity index (χ3v) is 3.46. The number of methoxy groups -OCH3 is 2. The Kier molecular flexibility index (Phi) is 5.87. The molecule has 0 aromatic rings. The SMILES string of the molecule is COC(=O)C=C(C)C[C@@H]1[C@@H](N)C(=O)N1C(C(=O)OC)=C(C)C. The van der Waals surface area contributed by atoms with E-state index < -0.39 is 24.0 Å². The first-order chi connectivity index (χ1) is 10.2. The molecule has 0 aromatic carbocycles. The first kappa shape index (κ1) is 17.9. The minimum Gasteiger partial charge on any atom is -0.466 e. The predicted octanol–water partition coefficient (Wildman–Crippen LogP) is 0.501. The summed E-state index contributed by atoms with van der Waals surface area (Å²) in [4.78, 5) is 36.5. The van der Waals surface area contributed by atoms with Crippen molar-refractivity contribution in [2.75, 3.05) is 14.2 Å². The summed E-state index contributed by atoms with van der Waals surface area (Å²) in [6, 6.07) is -1.10. The smallest absolute Gasteiger partial charge is 0.354 e. The number of hydrogen-bond acceptors (Lipinski definition) is 6. The number of allylic oxidation sites excluding steroid dienone is 1. The van der Waals surface area contributed by atoms with Crippen molar-refractivity contribution >= 4 is 17.8 Å². The molecule has 22 heavy (non-hydrogen) atoms. The number of nitrogens with zero attached hydrogens (tertiary/aromatic N) is 1. The lowest BCUT2D eigenvalue weighted by molar-refractivity contribution is -0.152. The molecular formula is C15H22N2O5. The number of carbonyl (C=O) groups is 3. The second-order valence-electron chi connectivity index (χ2n) is 5.36. The summed E-state index contributed by atoms with van der Waals surface area (Å²) >= 11 is 0. The van der Waals surface area contributed by atoms with E-state index in [1.165, 1.54) is 25.2 Å². The van der Waals surface area contributed by atoms with Gasteiger partial charge < -0.3 is 15.2 Å². The maximum absolute atomic E-state index is 12.0. The van der Waals surface area contributed by atoms with E-state index in [9.17, 15) is 14.4 Å². The van der Waals surface area contributed by atoms with Gasteiger partial charge in [0.1, 0.15) is 11.7 Å². The van der Waals surface area contributed by atoms with Crippen molar-refractivity contribution in [1.82, 2.24) is 4.90 Å². The molecule has 1 aliphatic heterocycles. The fourth-order valence-corrected chi connectivity index (χ4v) is 2.35. The molecule has 2 atom stereocenters. The average molecular weight is 310 g/mol. The van der Waals surface area contributed by atoms with Crippen molar-refractivity contribution in [1.29, 1.82) is 0 Å². The number of esters is 2. The van der Waals surface area contributed by atoms with Crippen LogP contribution in [0.2, 0.25) is 0 Å². The maximum atomic E-state index is 12.0.